The Morgan fingerprint density at radius 3 is 2.42 bits per heavy atom. The van der Waals surface area contributed by atoms with Crippen molar-refractivity contribution in [3.63, 3.8) is 0 Å². The first-order valence-electron chi connectivity index (χ1n) is 8.02. The van der Waals surface area contributed by atoms with Gasteiger partial charge in [0.15, 0.2) is 0 Å². The molecule has 0 saturated carbocycles. The minimum absolute atomic E-state index is 0.222. The molecule has 0 aliphatic rings. The third kappa shape index (κ3) is 2.95. The van der Waals surface area contributed by atoms with Crippen LogP contribution in [-0.4, -0.2) is 21.8 Å². The molecule has 26 heavy (non-hydrogen) atoms. The summed E-state index contributed by atoms with van der Waals surface area (Å²) in [6.07, 6.45) is 1.62. The van der Waals surface area contributed by atoms with Gasteiger partial charge in [-0.3, -0.25) is 25.4 Å². The average molecular weight is 342 g/mol. The van der Waals surface area contributed by atoms with Gasteiger partial charge in [-0.1, -0.05) is 42.5 Å². The van der Waals surface area contributed by atoms with Gasteiger partial charge in [0, 0.05) is 17.0 Å². The molecule has 6 heteroatoms. The van der Waals surface area contributed by atoms with Crippen molar-refractivity contribution in [2.45, 2.75) is 0 Å². The van der Waals surface area contributed by atoms with E-state index in [9.17, 15) is 9.59 Å². The van der Waals surface area contributed by atoms with Gasteiger partial charge in [0.2, 0.25) is 0 Å². The van der Waals surface area contributed by atoms with Crippen molar-refractivity contribution in [3.8, 4) is 0 Å². The molecule has 2 aromatic heterocycles. The zero-order valence-corrected chi connectivity index (χ0v) is 13.6. The summed E-state index contributed by atoms with van der Waals surface area (Å²) in [4.78, 5) is 33.2. The van der Waals surface area contributed by atoms with Gasteiger partial charge in [-0.15, -0.1) is 0 Å². The lowest BCUT2D eigenvalue weighted by Gasteiger charge is -2.09. The number of pyridine rings is 2. The predicted octanol–water partition coefficient (Wildman–Crippen LogP) is 2.86. The summed E-state index contributed by atoms with van der Waals surface area (Å²) in [5, 5.41) is 1.79. The Bertz CT molecular complexity index is 1140. The third-order valence-electron chi connectivity index (χ3n) is 4.00. The average Bonchev–Trinajstić information content (AvgIpc) is 2.71. The second kappa shape index (κ2) is 6.60. The van der Waals surface area contributed by atoms with E-state index in [1.807, 2.05) is 42.5 Å². The maximum Gasteiger partial charge on any atom is 0.288 e. The van der Waals surface area contributed by atoms with Gasteiger partial charge in [0.05, 0.1) is 16.6 Å². The third-order valence-corrected chi connectivity index (χ3v) is 4.00. The van der Waals surface area contributed by atoms with Crippen molar-refractivity contribution in [1.82, 2.24) is 20.8 Å². The molecule has 0 unspecified atom stereocenters. The second-order valence-corrected chi connectivity index (χ2v) is 5.68. The number of aromatic nitrogens is 2. The van der Waals surface area contributed by atoms with E-state index in [2.05, 4.69) is 20.8 Å². The zero-order valence-electron chi connectivity index (χ0n) is 13.6. The number of carbonyl (C=O) groups is 2. The van der Waals surface area contributed by atoms with Crippen LogP contribution in [-0.2, 0) is 0 Å². The fraction of sp³-hybridized carbons (Fsp3) is 0. The smallest absolute Gasteiger partial charge is 0.267 e. The number of amides is 2. The number of carbonyl (C=O) groups excluding carboxylic acids is 2. The molecule has 0 radical (unpaired) electrons. The monoisotopic (exact) mass is 342 g/mol. The van der Waals surface area contributed by atoms with Crippen LogP contribution in [0.3, 0.4) is 0 Å². The molecule has 2 N–H and O–H groups in total. The Labute approximate surface area is 148 Å². The Kier molecular flexibility index (Phi) is 3.99. The molecule has 2 amide bonds. The van der Waals surface area contributed by atoms with Crippen molar-refractivity contribution in [2.24, 2.45) is 0 Å². The summed E-state index contributed by atoms with van der Waals surface area (Å²) >= 11 is 0. The molecule has 0 spiro atoms. The number of nitrogens with one attached hydrogen (secondary N) is 2. The van der Waals surface area contributed by atoms with E-state index in [0.29, 0.717) is 16.6 Å². The van der Waals surface area contributed by atoms with Gasteiger partial charge in [0.25, 0.3) is 11.8 Å². The summed E-state index contributed by atoms with van der Waals surface area (Å²) < 4.78 is 0. The Morgan fingerprint density at radius 2 is 1.50 bits per heavy atom. The van der Waals surface area contributed by atoms with Crippen molar-refractivity contribution in [2.75, 3.05) is 0 Å². The van der Waals surface area contributed by atoms with Crippen molar-refractivity contribution in [3.05, 3.63) is 84.2 Å². The van der Waals surface area contributed by atoms with E-state index in [1.54, 1.807) is 30.5 Å². The fourth-order valence-corrected chi connectivity index (χ4v) is 2.72. The Morgan fingerprint density at radius 1 is 0.731 bits per heavy atom. The standard InChI is InChI=1S/C20H14N4O2/c25-19(15-8-3-6-14-7-4-12-21-18(14)15)23-24-20(26)17-11-10-13-5-1-2-9-16(13)22-17/h1-12H,(H,23,25)(H,24,26). The Hall–Kier alpha value is -3.80. The van der Waals surface area contributed by atoms with Crippen LogP contribution < -0.4 is 10.9 Å². The van der Waals surface area contributed by atoms with Crippen molar-refractivity contribution < 1.29 is 9.59 Å². The van der Waals surface area contributed by atoms with Gasteiger partial charge in [-0.05, 0) is 24.3 Å². The van der Waals surface area contributed by atoms with Crippen LogP contribution in [0.15, 0.2) is 72.9 Å². The second-order valence-electron chi connectivity index (χ2n) is 5.68. The quantitative estimate of drug-likeness (QED) is 0.549. The van der Waals surface area contributed by atoms with E-state index in [0.717, 1.165) is 10.8 Å². The largest absolute Gasteiger partial charge is 0.288 e. The van der Waals surface area contributed by atoms with Crippen LogP contribution in [0.4, 0.5) is 0 Å². The van der Waals surface area contributed by atoms with E-state index in [4.69, 9.17) is 0 Å². The number of hydrazine groups is 1. The number of nitrogens with zero attached hydrogens (tertiary/aromatic N) is 2. The first kappa shape index (κ1) is 15.7. The number of fused-ring (bicyclic) bond motifs is 2. The lowest BCUT2D eigenvalue weighted by molar-refractivity contribution is 0.0845. The van der Waals surface area contributed by atoms with Gasteiger partial charge < -0.3 is 0 Å². The molecular weight excluding hydrogens is 328 g/mol. The van der Waals surface area contributed by atoms with Crippen LogP contribution in [0.25, 0.3) is 21.8 Å². The maximum absolute atomic E-state index is 12.4. The molecule has 0 saturated heterocycles. The maximum atomic E-state index is 12.4. The van der Waals surface area contributed by atoms with Crippen LogP contribution in [0.2, 0.25) is 0 Å². The summed E-state index contributed by atoms with van der Waals surface area (Å²) in [5.41, 5.74) is 6.71. The molecule has 0 fully saturated rings. The molecule has 126 valence electrons. The number of hydrogen-bond acceptors (Lipinski definition) is 4. The van der Waals surface area contributed by atoms with E-state index >= 15 is 0 Å². The number of benzene rings is 2. The molecule has 0 aliphatic heterocycles. The van der Waals surface area contributed by atoms with E-state index in [-0.39, 0.29) is 5.69 Å². The lowest BCUT2D eigenvalue weighted by Crippen LogP contribution is -2.42. The highest BCUT2D eigenvalue weighted by Gasteiger charge is 2.13. The molecule has 2 aromatic carbocycles. The number of para-hydroxylation sites is 2. The van der Waals surface area contributed by atoms with Crippen LogP contribution >= 0.6 is 0 Å². The van der Waals surface area contributed by atoms with Crippen LogP contribution in [0, 0.1) is 0 Å². The van der Waals surface area contributed by atoms with Gasteiger partial charge >= 0.3 is 0 Å². The molecule has 0 atom stereocenters. The van der Waals surface area contributed by atoms with E-state index < -0.39 is 11.8 Å². The molecule has 4 rings (SSSR count). The SMILES string of the molecule is O=C(NNC(=O)c1cccc2cccnc12)c1ccc2ccccc2n1. The fourth-order valence-electron chi connectivity index (χ4n) is 2.72. The van der Waals surface area contributed by atoms with Crippen molar-refractivity contribution >= 4 is 33.6 Å². The normalized spacial score (nSPS) is 10.6. The molecule has 0 bridgehead atoms. The minimum Gasteiger partial charge on any atom is -0.267 e. The highest BCUT2D eigenvalue weighted by molar-refractivity contribution is 6.06. The van der Waals surface area contributed by atoms with Crippen molar-refractivity contribution in [1.29, 1.82) is 0 Å². The summed E-state index contributed by atoms with van der Waals surface area (Å²) in [6, 6.07) is 19.9. The summed E-state index contributed by atoms with van der Waals surface area (Å²) in [5.74, 6) is -0.930. The van der Waals surface area contributed by atoms with Gasteiger partial charge in [-0.25, -0.2) is 4.98 Å². The lowest BCUT2D eigenvalue weighted by atomic mass is 10.1. The number of rotatable bonds is 2. The summed E-state index contributed by atoms with van der Waals surface area (Å²) in [6.45, 7) is 0. The topological polar surface area (TPSA) is 84.0 Å². The first-order valence-corrected chi connectivity index (χ1v) is 8.02. The van der Waals surface area contributed by atoms with Gasteiger partial charge in [-0.2, -0.15) is 0 Å². The summed E-state index contributed by atoms with van der Waals surface area (Å²) in [7, 11) is 0. The molecule has 4 aromatic rings. The highest BCUT2D eigenvalue weighted by Crippen LogP contribution is 2.15. The predicted molar refractivity (Wildman–Crippen MR) is 98.4 cm³/mol. The zero-order chi connectivity index (χ0) is 17.9. The van der Waals surface area contributed by atoms with E-state index in [1.165, 1.54) is 0 Å². The number of hydrogen-bond donors (Lipinski definition) is 2. The molecule has 6 nitrogen and oxygen atoms in total. The minimum atomic E-state index is -0.489. The van der Waals surface area contributed by atoms with Crippen LogP contribution in [0.1, 0.15) is 20.8 Å². The van der Waals surface area contributed by atoms with Gasteiger partial charge in [0.1, 0.15) is 5.69 Å². The molecule has 2 heterocycles. The first-order chi connectivity index (χ1) is 12.7. The van der Waals surface area contributed by atoms with Crippen LogP contribution in [0.5, 0.6) is 0 Å². The highest BCUT2D eigenvalue weighted by atomic mass is 16.2. The molecular formula is C20H14N4O2. The Balaban J connectivity index is 1.52. The molecule has 0 aliphatic carbocycles.